The van der Waals surface area contributed by atoms with Gasteiger partial charge in [-0.2, -0.15) is 0 Å². The number of phenolic OH excluding ortho intramolecular Hbond substituents is 1. The lowest BCUT2D eigenvalue weighted by molar-refractivity contribution is -0.0368. The number of anilines is 1. The van der Waals surface area contributed by atoms with Crippen molar-refractivity contribution in [3.05, 3.63) is 24.3 Å². The molecule has 1 aromatic carbocycles. The number of amides is 1. The van der Waals surface area contributed by atoms with Crippen LogP contribution in [0.2, 0.25) is 0 Å². The summed E-state index contributed by atoms with van der Waals surface area (Å²) < 4.78 is 5.49. The van der Waals surface area contributed by atoms with E-state index in [2.05, 4.69) is 15.9 Å². The number of hydrogen-bond donors (Lipinski definition) is 1. The lowest BCUT2D eigenvalue weighted by atomic mass is 9.72. The summed E-state index contributed by atoms with van der Waals surface area (Å²) in [6, 6.07) is 7.55. The van der Waals surface area contributed by atoms with Crippen LogP contribution in [0.4, 0.5) is 10.5 Å². The Morgan fingerprint density at radius 1 is 1.18 bits per heavy atom. The average molecular weight is 388 g/mol. The Bertz CT molecular complexity index is 708. The summed E-state index contributed by atoms with van der Waals surface area (Å²) >= 11 is 0. The smallest absolute Gasteiger partial charge is 0.410 e. The number of aromatic hydroxyl groups is 1. The van der Waals surface area contributed by atoms with Gasteiger partial charge in [-0.05, 0) is 51.7 Å². The first-order chi connectivity index (χ1) is 13.2. The molecule has 28 heavy (non-hydrogen) atoms. The predicted octanol–water partition coefficient (Wildman–Crippen LogP) is 3.16. The minimum Gasteiger partial charge on any atom is -0.508 e. The van der Waals surface area contributed by atoms with Gasteiger partial charge in [0.25, 0.3) is 0 Å². The largest absolute Gasteiger partial charge is 0.508 e. The molecule has 3 fully saturated rings. The van der Waals surface area contributed by atoms with Crippen LogP contribution in [0.5, 0.6) is 5.75 Å². The van der Waals surface area contributed by atoms with Gasteiger partial charge in [-0.25, -0.2) is 4.79 Å². The monoisotopic (exact) mass is 387 g/mol. The lowest BCUT2D eigenvalue weighted by Gasteiger charge is -2.61. The number of carbonyl (C=O) groups excluding carboxylic acids is 1. The minimum absolute atomic E-state index is 0.171. The van der Waals surface area contributed by atoms with Crippen LogP contribution >= 0.6 is 0 Å². The molecule has 4 rings (SSSR count). The van der Waals surface area contributed by atoms with Gasteiger partial charge in [0.15, 0.2) is 0 Å². The molecule has 154 valence electrons. The van der Waals surface area contributed by atoms with Crippen molar-refractivity contribution < 1.29 is 14.6 Å². The fraction of sp³-hybridized carbons (Fsp3) is 0.682. The summed E-state index contributed by atoms with van der Waals surface area (Å²) in [7, 11) is 0. The van der Waals surface area contributed by atoms with Gasteiger partial charge in [-0.15, -0.1) is 0 Å². The fourth-order valence-electron chi connectivity index (χ4n) is 4.86. The molecule has 1 aromatic rings. The first kappa shape index (κ1) is 19.4. The zero-order chi connectivity index (χ0) is 19.9. The molecule has 1 amide bonds. The van der Waals surface area contributed by atoms with Crippen molar-refractivity contribution in [2.45, 2.75) is 39.2 Å². The maximum absolute atomic E-state index is 12.2. The lowest BCUT2D eigenvalue weighted by Crippen LogP contribution is -2.72. The Morgan fingerprint density at radius 2 is 1.86 bits per heavy atom. The van der Waals surface area contributed by atoms with E-state index in [-0.39, 0.29) is 6.09 Å². The molecule has 3 aliphatic heterocycles. The second-order valence-electron chi connectivity index (χ2n) is 9.96. The first-order valence-corrected chi connectivity index (χ1v) is 10.5. The summed E-state index contributed by atoms with van der Waals surface area (Å²) in [5.74, 6) is 1.02. The normalized spacial score (nSPS) is 22.7. The molecule has 0 unspecified atom stereocenters. The molecule has 1 spiro atoms. The molecule has 0 atom stereocenters. The van der Waals surface area contributed by atoms with Crippen LogP contribution in [0.1, 0.15) is 33.6 Å². The third kappa shape index (κ3) is 4.22. The van der Waals surface area contributed by atoms with Crippen molar-refractivity contribution in [3.8, 4) is 5.75 Å². The van der Waals surface area contributed by atoms with Gasteiger partial charge in [0, 0.05) is 63.0 Å². The molecule has 3 aliphatic rings. The summed E-state index contributed by atoms with van der Waals surface area (Å²) in [6.45, 7) is 13.0. The van der Waals surface area contributed by atoms with Crippen molar-refractivity contribution in [2.75, 3.05) is 50.7 Å². The molecule has 3 saturated heterocycles. The molecular formula is C22H33N3O3. The fourth-order valence-corrected chi connectivity index (χ4v) is 4.86. The Kier molecular flexibility index (Phi) is 4.94. The van der Waals surface area contributed by atoms with Crippen molar-refractivity contribution >= 4 is 11.8 Å². The minimum atomic E-state index is -0.422. The molecule has 0 aliphatic carbocycles. The number of piperidine rings is 1. The Morgan fingerprint density at radius 3 is 2.46 bits per heavy atom. The Hall–Kier alpha value is -1.95. The van der Waals surface area contributed by atoms with E-state index in [1.54, 1.807) is 6.07 Å². The van der Waals surface area contributed by atoms with Crippen molar-refractivity contribution in [2.24, 2.45) is 11.3 Å². The second kappa shape index (κ2) is 7.14. The first-order valence-electron chi connectivity index (χ1n) is 10.5. The van der Waals surface area contributed by atoms with Gasteiger partial charge in [0.2, 0.25) is 0 Å². The number of likely N-dealkylation sites (tertiary alicyclic amines) is 2. The maximum Gasteiger partial charge on any atom is 0.410 e. The van der Waals surface area contributed by atoms with E-state index in [4.69, 9.17) is 4.74 Å². The molecule has 0 bridgehead atoms. The SMILES string of the molecule is CC(C)(C)OC(=O)N1CCC(CN2CC3(C2)CN(c2cccc(O)c2)C3)CC1. The number of ether oxygens (including phenoxy) is 1. The summed E-state index contributed by atoms with van der Waals surface area (Å²) in [5, 5.41) is 9.65. The van der Waals surface area contributed by atoms with Gasteiger partial charge in [-0.1, -0.05) is 6.07 Å². The van der Waals surface area contributed by atoms with E-state index in [1.165, 1.54) is 13.1 Å². The number of benzene rings is 1. The molecule has 1 N–H and O–H groups in total. The molecule has 3 heterocycles. The summed E-state index contributed by atoms with van der Waals surface area (Å²) in [5.41, 5.74) is 1.15. The standard InChI is InChI=1S/C22H33N3O3/c1-21(2,3)28-20(27)24-9-7-17(8-10-24)12-23-13-22(14-23)15-25(16-22)18-5-4-6-19(26)11-18/h4-6,11,17,26H,7-10,12-16H2,1-3H3. The second-order valence-corrected chi connectivity index (χ2v) is 9.96. The Labute approximate surface area is 168 Å². The van der Waals surface area contributed by atoms with Crippen molar-refractivity contribution in [1.29, 1.82) is 0 Å². The molecule has 0 aromatic heterocycles. The van der Waals surface area contributed by atoms with Crippen LogP contribution in [0.3, 0.4) is 0 Å². The number of hydrogen-bond acceptors (Lipinski definition) is 5. The van der Waals surface area contributed by atoms with Crippen LogP contribution in [-0.2, 0) is 4.74 Å². The summed E-state index contributed by atoms with van der Waals surface area (Å²) in [6.07, 6.45) is 1.96. The van der Waals surface area contributed by atoms with Gasteiger partial charge in [0.05, 0.1) is 0 Å². The zero-order valence-electron chi connectivity index (χ0n) is 17.4. The summed E-state index contributed by atoms with van der Waals surface area (Å²) in [4.78, 5) is 19.0. The van der Waals surface area contributed by atoms with Crippen molar-refractivity contribution in [3.63, 3.8) is 0 Å². The maximum atomic E-state index is 12.2. The molecule has 0 saturated carbocycles. The zero-order valence-corrected chi connectivity index (χ0v) is 17.4. The third-order valence-corrected chi connectivity index (χ3v) is 6.15. The third-order valence-electron chi connectivity index (χ3n) is 6.15. The molecule has 0 radical (unpaired) electrons. The van der Waals surface area contributed by atoms with Crippen LogP contribution < -0.4 is 4.90 Å². The highest BCUT2D eigenvalue weighted by molar-refractivity contribution is 5.68. The highest BCUT2D eigenvalue weighted by atomic mass is 16.6. The van der Waals surface area contributed by atoms with Crippen LogP contribution in [0.15, 0.2) is 24.3 Å². The van der Waals surface area contributed by atoms with Crippen LogP contribution in [-0.4, -0.2) is 72.4 Å². The van der Waals surface area contributed by atoms with Gasteiger partial charge >= 0.3 is 6.09 Å². The van der Waals surface area contributed by atoms with E-state index >= 15 is 0 Å². The van der Waals surface area contributed by atoms with Gasteiger partial charge in [0.1, 0.15) is 11.4 Å². The van der Waals surface area contributed by atoms with E-state index in [0.717, 1.165) is 51.3 Å². The molecule has 6 nitrogen and oxygen atoms in total. The molecular weight excluding hydrogens is 354 g/mol. The number of nitrogens with zero attached hydrogens (tertiary/aromatic N) is 3. The predicted molar refractivity (Wildman–Crippen MR) is 110 cm³/mol. The highest BCUT2D eigenvalue weighted by Gasteiger charge is 2.51. The Balaban J connectivity index is 1.16. The topological polar surface area (TPSA) is 56.2 Å². The van der Waals surface area contributed by atoms with E-state index in [1.807, 2.05) is 37.8 Å². The van der Waals surface area contributed by atoms with Crippen LogP contribution in [0.25, 0.3) is 0 Å². The number of carbonyl (C=O) groups is 1. The van der Waals surface area contributed by atoms with E-state index < -0.39 is 5.60 Å². The average Bonchev–Trinajstić information content (AvgIpc) is 2.54. The van der Waals surface area contributed by atoms with Gasteiger partial charge < -0.3 is 24.5 Å². The van der Waals surface area contributed by atoms with Crippen LogP contribution in [0, 0.1) is 11.3 Å². The van der Waals surface area contributed by atoms with E-state index in [9.17, 15) is 9.90 Å². The van der Waals surface area contributed by atoms with Gasteiger partial charge in [-0.3, -0.25) is 0 Å². The molecule has 6 heteroatoms. The van der Waals surface area contributed by atoms with Crippen molar-refractivity contribution in [1.82, 2.24) is 9.80 Å². The number of rotatable bonds is 3. The number of phenols is 1. The highest BCUT2D eigenvalue weighted by Crippen LogP contribution is 2.42. The quantitative estimate of drug-likeness (QED) is 0.863. The van der Waals surface area contributed by atoms with E-state index in [0.29, 0.717) is 17.1 Å².